The van der Waals surface area contributed by atoms with Crippen LogP contribution in [0.2, 0.25) is 19.1 Å². The first-order valence-electron chi connectivity index (χ1n) is 5.56. The lowest BCUT2D eigenvalue weighted by Gasteiger charge is -2.25. The topological polar surface area (TPSA) is 47.3 Å². The summed E-state index contributed by atoms with van der Waals surface area (Å²) >= 11 is 0. The normalized spacial score (nSPS) is 14.4. The van der Waals surface area contributed by atoms with Gasteiger partial charge in [-0.2, -0.15) is 0 Å². The van der Waals surface area contributed by atoms with Crippen LogP contribution in [-0.4, -0.2) is 34.6 Å². The Morgan fingerprint density at radius 3 is 2.57 bits per heavy atom. The van der Waals surface area contributed by atoms with E-state index in [1.54, 1.807) is 0 Å². The lowest BCUT2D eigenvalue weighted by molar-refractivity contribution is 0.322. The van der Waals surface area contributed by atoms with Crippen LogP contribution >= 0.6 is 0 Å². The van der Waals surface area contributed by atoms with Crippen LogP contribution in [0.15, 0.2) is 0 Å². The molecule has 0 aromatic rings. The third-order valence-corrected chi connectivity index (χ3v) is 4.94. The van der Waals surface area contributed by atoms with Gasteiger partial charge in [-0.1, -0.05) is 6.92 Å². The number of nitrogens with one attached hydrogen (secondary N) is 1. The highest BCUT2D eigenvalue weighted by molar-refractivity contribution is 6.71. The smallest absolute Gasteiger partial charge is 0.187 e. The summed E-state index contributed by atoms with van der Waals surface area (Å²) < 4.78 is 5.79. The van der Waals surface area contributed by atoms with Crippen LogP contribution in [0.3, 0.4) is 0 Å². The van der Waals surface area contributed by atoms with Crippen LogP contribution in [0.1, 0.15) is 13.8 Å². The molecule has 0 amide bonds. The molecule has 0 aromatic carbocycles. The summed E-state index contributed by atoms with van der Waals surface area (Å²) in [5.41, 5.74) is 5.41. The molecule has 0 aliphatic rings. The van der Waals surface area contributed by atoms with Crippen LogP contribution in [0.4, 0.5) is 0 Å². The Bertz CT molecular complexity index is 142. The predicted molar refractivity (Wildman–Crippen MR) is 65.0 cm³/mol. The van der Waals surface area contributed by atoms with E-state index in [2.05, 4.69) is 32.3 Å². The molecule has 3 N–H and O–H groups in total. The monoisotopic (exact) mass is 218 g/mol. The first-order valence-corrected chi connectivity index (χ1v) is 8.68. The summed E-state index contributed by atoms with van der Waals surface area (Å²) in [6, 6.07) is 1.22. The molecule has 1 unspecified atom stereocenters. The van der Waals surface area contributed by atoms with Gasteiger partial charge in [0.2, 0.25) is 0 Å². The maximum absolute atomic E-state index is 5.79. The van der Waals surface area contributed by atoms with E-state index in [4.69, 9.17) is 10.2 Å². The minimum atomic E-state index is -1.40. The van der Waals surface area contributed by atoms with E-state index in [1.807, 2.05) is 0 Å². The van der Waals surface area contributed by atoms with Gasteiger partial charge in [0.25, 0.3) is 0 Å². The molecular weight excluding hydrogens is 192 g/mol. The zero-order chi connectivity index (χ0) is 11.0. The number of hydrogen-bond acceptors (Lipinski definition) is 3. The summed E-state index contributed by atoms with van der Waals surface area (Å²) in [5, 5.41) is 3.34. The van der Waals surface area contributed by atoms with Gasteiger partial charge in [-0.3, -0.25) is 0 Å². The number of hydrogen-bond donors (Lipinski definition) is 2. The van der Waals surface area contributed by atoms with Crippen molar-refractivity contribution < 1.29 is 4.43 Å². The molecule has 14 heavy (non-hydrogen) atoms. The second kappa shape index (κ2) is 7.40. The minimum Gasteiger partial charge on any atom is -0.418 e. The zero-order valence-electron chi connectivity index (χ0n) is 10.1. The average molecular weight is 218 g/mol. The van der Waals surface area contributed by atoms with Crippen LogP contribution in [0.5, 0.6) is 0 Å². The molecule has 0 rings (SSSR count). The van der Waals surface area contributed by atoms with Crippen molar-refractivity contribution in [1.29, 1.82) is 0 Å². The molecule has 4 heteroatoms. The van der Waals surface area contributed by atoms with Gasteiger partial charge >= 0.3 is 0 Å². The predicted octanol–water partition coefficient (Wildman–Crippen LogP) is 1.41. The Hall–Kier alpha value is 0.0969. The van der Waals surface area contributed by atoms with E-state index < -0.39 is 8.32 Å². The first kappa shape index (κ1) is 14.1. The molecule has 0 aliphatic carbocycles. The molecule has 0 heterocycles. The second-order valence-electron chi connectivity index (χ2n) is 4.49. The van der Waals surface area contributed by atoms with E-state index >= 15 is 0 Å². The molecule has 0 fully saturated rings. The van der Waals surface area contributed by atoms with Crippen LogP contribution < -0.4 is 11.1 Å². The van der Waals surface area contributed by atoms with Crippen LogP contribution in [0.25, 0.3) is 0 Å². The highest BCUT2D eigenvalue weighted by Crippen LogP contribution is 2.17. The Balaban J connectivity index is 3.63. The molecule has 1 atom stereocenters. The maximum atomic E-state index is 5.79. The fourth-order valence-electron chi connectivity index (χ4n) is 1.81. The Morgan fingerprint density at radius 2 is 2.07 bits per heavy atom. The Morgan fingerprint density at radius 1 is 1.43 bits per heavy atom. The van der Waals surface area contributed by atoms with E-state index in [0.29, 0.717) is 5.92 Å². The third kappa shape index (κ3) is 7.50. The molecular formula is C10H26N2OSi. The van der Waals surface area contributed by atoms with Gasteiger partial charge in [0.05, 0.1) is 0 Å². The van der Waals surface area contributed by atoms with E-state index in [1.165, 1.54) is 6.04 Å². The molecule has 0 saturated heterocycles. The molecule has 0 saturated carbocycles. The minimum absolute atomic E-state index is 0.690. The van der Waals surface area contributed by atoms with E-state index in [-0.39, 0.29) is 0 Å². The van der Waals surface area contributed by atoms with E-state index in [9.17, 15) is 0 Å². The van der Waals surface area contributed by atoms with Crippen molar-refractivity contribution in [2.24, 2.45) is 11.7 Å². The van der Waals surface area contributed by atoms with Crippen LogP contribution in [-0.2, 0) is 4.43 Å². The van der Waals surface area contributed by atoms with Crippen molar-refractivity contribution in [1.82, 2.24) is 5.32 Å². The Labute approximate surface area is 89.5 Å². The number of nitrogens with two attached hydrogens (primary N) is 1. The van der Waals surface area contributed by atoms with Gasteiger partial charge in [-0.05, 0) is 38.5 Å². The largest absolute Gasteiger partial charge is 0.418 e. The summed E-state index contributed by atoms with van der Waals surface area (Å²) in [6.45, 7) is 12.5. The quantitative estimate of drug-likeness (QED) is 0.478. The highest BCUT2D eigenvalue weighted by atomic mass is 28.4. The van der Waals surface area contributed by atoms with Crippen molar-refractivity contribution in [3.05, 3.63) is 0 Å². The highest BCUT2D eigenvalue weighted by Gasteiger charge is 2.24. The molecule has 0 radical (unpaired) electrons. The molecule has 0 bridgehead atoms. The fourth-order valence-corrected chi connectivity index (χ4v) is 4.53. The summed E-state index contributed by atoms with van der Waals surface area (Å²) in [7, 11) is -1.40. The molecule has 0 spiro atoms. The Kier molecular flexibility index (Phi) is 7.45. The van der Waals surface area contributed by atoms with Gasteiger partial charge in [-0.15, -0.1) is 0 Å². The van der Waals surface area contributed by atoms with Gasteiger partial charge < -0.3 is 15.5 Å². The van der Waals surface area contributed by atoms with Gasteiger partial charge in [0.1, 0.15) is 0 Å². The molecule has 0 aliphatic heterocycles. The van der Waals surface area contributed by atoms with Crippen molar-refractivity contribution >= 4 is 8.32 Å². The second-order valence-corrected chi connectivity index (χ2v) is 8.71. The summed E-state index contributed by atoms with van der Waals surface area (Å²) in [5.74, 6) is 0.690. The molecule has 86 valence electrons. The van der Waals surface area contributed by atoms with Gasteiger partial charge in [-0.25, -0.2) is 0 Å². The van der Waals surface area contributed by atoms with Gasteiger partial charge in [0, 0.05) is 19.7 Å². The maximum Gasteiger partial charge on any atom is 0.187 e. The summed E-state index contributed by atoms with van der Waals surface area (Å²) in [4.78, 5) is 0. The standard InChI is InChI=1S/C10H26N2OSi/c1-5-13-14(3,4)9-10(2)8-12-7-6-11/h10,12H,5-9,11H2,1-4H3. The zero-order valence-corrected chi connectivity index (χ0v) is 11.1. The third-order valence-electron chi connectivity index (χ3n) is 2.19. The van der Waals surface area contributed by atoms with Crippen molar-refractivity contribution in [2.45, 2.75) is 33.0 Å². The first-order chi connectivity index (χ1) is 6.52. The SMILES string of the molecule is CCO[Si](C)(C)CC(C)CNCCN. The van der Waals surface area contributed by atoms with Crippen molar-refractivity contribution in [2.75, 3.05) is 26.2 Å². The molecule has 0 aromatic heterocycles. The average Bonchev–Trinajstić information content (AvgIpc) is 2.03. The van der Waals surface area contributed by atoms with E-state index in [0.717, 1.165) is 26.2 Å². The van der Waals surface area contributed by atoms with Crippen molar-refractivity contribution in [3.63, 3.8) is 0 Å². The van der Waals surface area contributed by atoms with Crippen molar-refractivity contribution in [3.8, 4) is 0 Å². The fraction of sp³-hybridized carbons (Fsp3) is 1.00. The van der Waals surface area contributed by atoms with Crippen LogP contribution in [0, 0.1) is 5.92 Å². The lowest BCUT2D eigenvalue weighted by atomic mass is 10.2. The lowest BCUT2D eigenvalue weighted by Crippen LogP contribution is -2.36. The molecule has 3 nitrogen and oxygen atoms in total. The number of rotatable bonds is 8. The summed E-state index contributed by atoms with van der Waals surface area (Å²) in [6.07, 6.45) is 0. The van der Waals surface area contributed by atoms with Gasteiger partial charge in [0.15, 0.2) is 8.32 Å².